The average molecular weight is 485 g/mol. The molecule has 0 aliphatic carbocycles. The molecule has 0 aliphatic rings. The van der Waals surface area contributed by atoms with Gasteiger partial charge in [-0.1, -0.05) is 23.7 Å². The summed E-state index contributed by atoms with van der Waals surface area (Å²) in [7, 11) is 1.69. The third-order valence-corrected chi connectivity index (χ3v) is 5.35. The van der Waals surface area contributed by atoms with Gasteiger partial charge in [0.05, 0.1) is 17.8 Å². The lowest BCUT2D eigenvalue weighted by Gasteiger charge is -2.11. The van der Waals surface area contributed by atoms with Gasteiger partial charge in [0.1, 0.15) is 30.0 Å². The van der Waals surface area contributed by atoms with Gasteiger partial charge in [-0.05, 0) is 48.9 Å². The van der Waals surface area contributed by atoms with E-state index in [9.17, 15) is 4.39 Å². The number of hydrogen-bond donors (Lipinski definition) is 2. The summed E-state index contributed by atoms with van der Waals surface area (Å²) in [6, 6.07) is 11.6. The number of methoxy groups -OCH3 is 1. The van der Waals surface area contributed by atoms with E-state index in [1.807, 2.05) is 16.9 Å². The van der Waals surface area contributed by atoms with Crippen LogP contribution in [0, 0.1) is 5.82 Å². The number of benzene rings is 2. The number of rotatable bonds is 12. The number of hydrogen-bond acceptors (Lipinski definition) is 7. The van der Waals surface area contributed by atoms with Crippen LogP contribution in [0.15, 0.2) is 55.0 Å². The van der Waals surface area contributed by atoms with Gasteiger partial charge >= 0.3 is 0 Å². The highest BCUT2D eigenvalue weighted by atomic mass is 35.5. The second-order valence-corrected chi connectivity index (χ2v) is 8.04. The molecule has 0 aliphatic heterocycles. The van der Waals surface area contributed by atoms with Gasteiger partial charge in [0.2, 0.25) is 0 Å². The molecule has 2 aromatic carbocycles. The van der Waals surface area contributed by atoms with E-state index < -0.39 is 0 Å². The predicted octanol–water partition coefficient (Wildman–Crippen LogP) is 4.57. The summed E-state index contributed by atoms with van der Waals surface area (Å²) in [5, 5.41) is 11.6. The minimum Gasteiger partial charge on any atom is -0.487 e. The SMILES string of the molecule is COCCNCCCn1cc2ncnc(Nc3ccc(OCc4cccc(F)c4)c(Cl)c3)c2n1. The minimum atomic E-state index is -0.302. The van der Waals surface area contributed by atoms with Crippen molar-refractivity contribution in [1.29, 1.82) is 0 Å². The van der Waals surface area contributed by atoms with Crippen LogP contribution in [0.4, 0.5) is 15.9 Å². The number of halogens is 2. The average Bonchev–Trinajstić information content (AvgIpc) is 3.25. The van der Waals surface area contributed by atoms with Crippen LogP contribution in [-0.2, 0) is 17.9 Å². The molecule has 8 nitrogen and oxygen atoms in total. The molecule has 2 N–H and O–H groups in total. The first-order valence-electron chi connectivity index (χ1n) is 10.9. The van der Waals surface area contributed by atoms with E-state index in [2.05, 4.69) is 25.7 Å². The number of aromatic nitrogens is 4. The Bertz CT molecular complexity index is 1240. The van der Waals surface area contributed by atoms with Crippen molar-refractivity contribution in [2.75, 3.05) is 32.1 Å². The number of nitrogens with zero attached hydrogens (tertiary/aromatic N) is 4. The third-order valence-electron chi connectivity index (χ3n) is 5.05. The lowest BCUT2D eigenvalue weighted by molar-refractivity contribution is 0.199. The fourth-order valence-electron chi connectivity index (χ4n) is 3.38. The maximum atomic E-state index is 13.3. The van der Waals surface area contributed by atoms with Crippen LogP contribution < -0.4 is 15.4 Å². The molecule has 0 atom stereocenters. The molecule has 0 fully saturated rings. The van der Waals surface area contributed by atoms with Crippen LogP contribution in [0.5, 0.6) is 5.75 Å². The topological polar surface area (TPSA) is 86.1 Å². The third kappa shape index (κ3) is 6.40. The second kappa shape index (κ2) is 11.7. The van der Waals surface area contributed by atoms with Crippen molar-refractivity contribution in [3.05, 3.63) is 71.4 Å². The molecule has 0 amide bonds. The summed E-state index contributed by atoms with van der Waals surface area (Å²) >= 11 is 6.41. The van der Waals surface area contributed by atoms with Crippen molar-refractivity contribution in [1.82, 2.24) is 25.1 Å². The van der Waals surface area contributed by atoms with Crippen molar-refractivity contribution in [3.63, 3.8) is 0 Å². The molecule has 34 heavy (non-hydrogen) atoms. The molecule has 10 heteroatoms. The lowest BCUT2D eigenvalue weighted by Crippen LogP contribution is -2.21. The quantitative estimate of drug-likeness (QED) is 0.285. The predicted molar refractivity (Wildman–Crippen MR) is 130 cm³/mol. The van der Waals surface area contributed by atoms with Gasteiger partial charge in [0.25, 0.3) is 0 Å². The Kier molecular flexibility index (Phi) is 8.24. The minimum absolute atomic E-state index is 0.218. The van der Waals surface area contributed by atoms with Crippen LogP contribution in [-0.4, -0.2) is 46.6 Å². The van der Waals surface area contributed by atoms with E-state index >= 15 is 0 Å². The molecule has 178 valence electrons. The summed E-state index contributed by atoms with van der Waals surface area (Å²) in [4.78, 5) is 8.67. The van der Waals surface area contributed by atoms with Gasteiger partial charge < -0.3 is 20.1 Å². The van der Waals surface area contributed by atoms with Crippen LogP contribution in [0.3, 0.4) is 0 Å². The smallest absolute Gasteiger partial charge is 0.162 e. The highest BCUT2D eigenvalue weighted by molar-refractivity contribution is 6.32. The monoisotopic (exact) mass is 484 g/mol. The van der Waals surface area contributed by atoms with Crippen LogP contribution in [0.1, 0.15) is 12.0 Å². The van der Waals surface area contributed by atoms with Gasteiger partial charge in [-0.15, -0.1) is 0 Å². The zero-order valence-corrected chi connectivity index (χ0v) is 19.6. The molecule has 0 saturated heterocycles. The molecule has 2 aromatic heterocycles. The molecular weight excluding hydrogens is 459 g/mol. The van der Waals surface area contributed by atoms with E-state index in [0.29, 0.717) is 28.7 Å². The highest BCUT2D eigenvalue weighted by Gasteiger charge is 2.11. The molecule has 4 aromatic rings. The fraction of sp³-hybridized carbons (Fsp3) is 0.292. The Morgan fingerprint density at radius 1 is 1.12 bits per heavy atom. The second-order valence-electron chi connectivity index (χ2n) is 7.63. The van der Waals surface area contributed by atoms with Crippen LogP contribution >= 0.6 is 11.6 Å². The Balaban J connectivity index is 1.38. The summed E-state index contributed by atoms with van der Waals surface area (Å²) in [6.07, 6.45) is 4.34. The zero-order chi connectivity index (χ0) is 23.8. The molecule has 4 rings (SSSR count). The van der Waals surface area contributed by atoms with Crippen LogP contribution in [0.2, 0.25) is 5.02 Å². The Labute approximate surface area is 202 Å². The van der Waals surface area contributed by atoms with Crippen molar-refractivity contribution in [2.45, 2.75) is 19.6 Å². The number of ether oxygens (including phenoxy) is 2. The Hall–Kier alpha value is -3.27. The normalized spacial score (nSPS) is 11.1. The Morgan fingerprint density at radius 3 is 2.85 bits per heavy atom. The first-order chi connectivity index (χ1) is 16.6. The van der Waals surface area contributed by atoms with Gasteiger partial charge in [0, 0.05) is 25.9 Å². The first kappa shape index (κ1) is 23.9. The van der Waals surface area contributed by atoms with E-state index in [4.69, 9.17) is 21.1 Å². The van der Waals surface area contributed by atoms with Gasteiger partial charge in [-0.3, -0.25) is 4.68 Å². The van der Waals surface area contributed by atoms with Gasteiger partial charge in [0.15, 0.2) is 11.3 Å². The summed E-state index contributed by atoms with van der Waals surface area (Å²) in [5.74, 6) is 0.795. The van der Waals surface area contributed by atoms with Crippen molar-refractivity contribution < 1.29 is 13.9 Å². The summed E-state index contributed by atoms with van der Waals surface area (Å²) in [6.45, 7) is 3.38. The van der Waals surface area contributed by atoms with Crippen LogP contribution in [0.25, 0.3) is 11.0 Å². The molecule has 2 heterocycles. The van der Waals surface area contributed by atoms with Crippen molar-refractivity contribution in [2.24, 2.45) is 0 Å². The number of nitrogens with one attached hydrogen (secondary N) is 2. The Morgan fingerprint density at radius 2 is 2.03 bits per heavy atom. The molecule has 0 bridgehead atoms. The highest BCUT2D eigenvalue weighted by Crippen LogP contribution is 2.30. The molecule has 0 saturated carbocycles. The largest absolute Gasteiger partial charge is 0.487 e. The fourth-order valence-corrected chi connectivity index (χ4v) is 3.61. The summed E-state index contributed by atoms with van der Waals surface area (Å²) < 4.78 is 26.0. The molecule has 0 unspecified atom stereocenters. The van der Waals surface area contributed by atoms with Crippen molar-refractivity contribution >= 4 is 34.1 Å². The maximum absolute atomic E-state index is 13.3. The molecular formula is C24H26ClFN6O2. The number of anilines is 2. The lowest BCUT2D eigenvalue weighted by atomic mass is 10.2. The summed E-state index contributed by atoms with van der Waals surface area (Å²) in [5.41, 5.74) is 2.89. The number of fused-ring (bicyclic) bond motifs is 1. The van der Waals surface area contributed by atoms with Crippen molar-refractivity contribution in [3.8, 4) is 5.75 Å². The van der Waals surface area contributed by atoms with Gasteiger partial charge in [-0.25, -0.2) is 14.4 Å². The maximum Gasteiger partial charge on any atom is 0.162 e. The van der Waals surface area contributed by atoms with E-state index in [1.165, 1.54) is 18.5 Å². The zero-order valence-electron chi connectivity index (χ0n) is 18.8. The first-order valence-corrected chi connectivity index (χ1v) is 11.3. The van der Waals surface area contributed by atoms with E-state index in [1.54, 1.807) is 31.4 Å². The van der Waals surface area contributed by atoms with Gasteiger partial charge in [-0.2, -0.15) is 5.10 Å². The van der Waals surface area contributed by atoms with E-state index in [0.717, 1.165) is 42.8 Å². The molecule has 0 radical (unpaired) electrons. The van der Waals surface area contributed by atoms with E-state index in [-0.39, 0.29) is 12.4 Å². The number of aryl methyl sites for hydroxylation is 1. The standard InChI is InChI=1S/C24H26ClFN6O2/c1-33-11-9-27-8-3-10-32-14-21-23(31-32)24(29-16-28-21)30-19-6-7-22(20(25)13-19)34-15-17-4-2-5-18(26)12-17/h2,4-7,12-14,16,27H,3,8-11,15H2,1H3,(H,28,29,30). The molecule has 0 spiro atoms.